The molecular formula is C5H4N2S. The Morgan fingerprint density at radius 1 is 1.38 bits per heavy atom. The van der Waals surface area contributed by atoms with Crippen molar-refractivity contribution in [3.8, 4) is 0 Å². The molecule has 0 amide bonds. The maximum absolute atomic E-state index is 4.08. The molecule has 1 aromatic rings. The second-order valence-corrected chi connectivity index (χ2v) is 2.56. The van der Waals surface area contributed by atoms with Gasteiger partial charge in [0.25, 0.3) is 0 Å². The van der Waals surface area contributed by atoms with Crippen molar-refractivity contribution >= 4 is 11.8 Å². The Labute approximate surface area is 51.4 Å². The number of rotatable bonds is 0. The lowest BCUT2D eigenvalue weighted by molar-refractivity contribution is 0.935. The van der Waals surface area contributed by atoms with Crippen molar-refractivity contribution in [1.29, 1.82) is 0 Å². The van der Waals surface area contributed by atoms with Crippen LogP contribution in [-0.4, -0.2) is 9.97 Å². The molecule has 0 saturated carbocycles. The van der Waals surface area contributed by atoms with Crippen LogP contribution in [-0.2, 0) is 5.75 Å². The van der Waals surface area contributed by atoms with Gasteiger partial charge in [0.15, 0.2) is 0 Å². The molecule has 0 saturated heterocycles. The van der Waals surface area contributed by atoms with E-state index in [1.54, 1.807) is 24.2 Å². The zero-order chi connectivity index (χ0) is 5.40. The van der Waals surface area contributed by atoms with Crippen LogP contribution in [0.4, 0.5) is 0 Å². The summed E-state index contributed by atoms with van der Waals surface area (Å²) in [6, 6.07) is 0. The van der Waals surface area contributed by atoms with Gasteiger partial charge in [-0.05, 0) is 0 Å². The molecule has 1 aliphatic rings. The van der Waals surface area contributed by atoms with Crippen molar-refractivity contribution in [2.24, 2.45) is 0 Å². The van der Waals surface area contributed by atoms with E-state index in [1.807, 2.05) is 0 Å². The molecule has 0 bridgehead atoms. The summed E-state index contributed by atoms with van der Waals surface area (Å²) in [6.45, 7) is 0. The van der Waals surface area contributed by atoms with Crippen molar-refractivity contribution < 1.29 is 0 Å². The van der Waals surface area contributed by atoms with Gasteiger partial charge in [0.2, 0.25) is 0 Å². The summed E-state index contributed by atoms with van der Waals surface area (Å²) in [7, 11) is 0. The molecule has 40 valence electrons. The average molecular weight is 124 g/mol. The van der Waals surface area contributed by atoms with Crippen LogP contribution in [0.5, 0.6) is 0 Å². The highest BCUT2D eigenvalue weighted by Gasteiger charge is 2.14. The van der Waals surface area contributed by atoms with Crippen LogP contribution in [0.25, 0.3) is 0 Å². The molecule has 1 aromatic heterocycles. The first-order valence-corrected chi connectivity index (χ1v) is 3.38. The van der Waals surface area contributed by atoms with Gasteiger partial charge in [0.1, 0.15) is 5.03 Å². The number of fused-ring (bicyclic) bond motifs is 1. The number of nitrogens with zero attached hydrogens (tertiary/aromatic N) is 2. The highest BCUT2D eigenvalue weighted by Crippen LogP contribution is 2.32. The van der Waals surface area contributed by atoms with Gasteiger partial charge in [0.05, 0.1) is 5.69 Å². The number of hydrogen-bond acceptors (Lipinski definition) is 3. The molecule has 2 nitrogen and oxygen atoms in total. The van der Waals surface area contributed by atoms with Gasteiger partial charge in [-0.25, -0.2) is 4.98 Å². The normalized spacial score (nSPS) is 14.5. The Morgan fingerprint density at radius 2 is 2.25 bits per heavy atom. The molecule has 8 heavy (non-hydrogen) atoms. The van der Waals surface area contributed by atoms with Crippen molar-refractivity contribution in [2.75, 3.05) is 0 Å². The molecule has 0 N–H and O–H groups in total. The molecule has 0 atom stereocenters. The fourth-order valence-electron chi connectivity index (χ4n) is 0.630. The first-order valence-electron chi connectivity index (χ1n) is 2.39. The Kier molecular flexibility index (Phi) is 0.784. The van der Waals surface area contributed by atoms with E-state index in [0.717, 1.165) is 16.5 Å². The van der Waals surface area contributed by atoms with E-state index >= 15 is 0 Å². The third kappa shape index (κ3) is 0.448. The zero-order valence-electron chi connectivity index (χ0n) is 4.16. The molecule has 0 aromatic carbocycles. The van der Waals surface area contributed by atoms with Crippen LogP contribution < -0.4 is 0 Å². The molecule has 1 aliphatic heterocycles. The van der Waals surface area contributed by atoms with E-state index in [0.29, 0.717) is 0 Å². The van der Waals surface area contributed by atoms with Crippen LogP contribution in [0.1, 0.15) is 5.69 Å². The van der Waals surface area contributed by atoms with Gasteiger partial charge in [-0.3, -0.25) is 4.98 Å². The van der Waals surface area contributed by atoms with E-state index in [4.69, 9.17) is 0 Å². The second kappa shape index (κ2) is 1.45. The minimum absolute atomic E-state index is 1.04. The lowest BCUT2D eigenvalue weighted by Crippen LogP contribution is -2.01. The topological polar surface area (TPSA) is 25.8 Å². The Morgan fingerprint density at radius 3 is 2.62 bits per heavy atom. The number of thioether (sulfide) groups is 1. The molecule has 0 spiro atoms. The van der Waals surface area contributed by atoms with Gasteiger partial charge in [-0.2, -0.15) is 0 Å². The van der Waals surface area contributed by atoms with E-state index in [9.17, 15) is 0 Å². The minimum Gasteiger partial charge on any atom is -0.256 e. The third-order valence-electron chi connectivity index (χ3n) is 1.08. The molecule has 2 rings (SSSR count). The van der Waals surface area contributed by atoms with Crippen LogP contribution in [0.15, 0.2) is 17.4 Å². The summed E-state index contributed by atoms with van der Waals surface area (Å²) in [5, 5.41) is 1.10. The summed E-state index contributed by atoms with van der Waals surface area (Å²) in [5.74, 6) is 1.04. The molecule has 0 aliphatic carbocycles. The SMILES string of the molecule is c1cnc2c(n1)CS2. The van der Waals surface area contributed by atoms with Gasteiger partial charge in [-0.15, -0.1) is 0 Å². The Balaban J connectivity index is 2.62. The summed E-state index contributed by atoms with van der Waals surface area (Å²) >= 11 is 1.76. The standard InChI is InChI=1S/C5H4N2S/c1-2-7-5-4(6-1)3-8-5/h1-2H,3H2. The second-order valence-electron chi connectivity index (χ2n) is 1.60. The Bertz CT molecular complexity index is 188. The average Bonchev–Trinajstić information content (AvgIpc) is 1.72. The summed E-state index contributed by atoms with van der Waals surface area (Å²) in [5.41, 5.74) is 1.15. The van der Waals surface area contributed by atoms with Gasteiger partial charge in [-0.1, -0.05) is 11.8 Å². The third-order valence-corrected chi connectivity index (χ3v) is 2.11. The largest absolute Gasteiger partial charge is 0.256 e. The van der Waals surface area contributed by atoms with Crippen LogP contribution in [0.2, 0.25) is 0 Å². The summed E-state index contributed by atoms with van der Waals surface area (Å²) in [6.07, 6.45) is 3.46. The van der Waals surface area contributed by atoms with Crippen molar-refractivity contribution in [2.45, 2.75) is 10.8 Å². The summed E-state index contributed by atoms with van der Waals surface area (Å²) < 4.78 is 0. The maximum Gasteiger partial charge on any atom is 0.119 e. The lowest BCUT2D eigenvalue weighted by Gasteiger charge is -2.12. The van der Waals surface area contributed by atoms with E-state index < -0.39 is 0 Å². The van der Waals surface area contributed by atoms with Crippen LogP contribution >= 0.6 is 11.8 Å². The van der Waals surface area contributed by atoms with Crippen molar-refractivity contribution in [1.82, 2.24) is 9.97 Å². The van der Waals surface area contributed by atoms with Gasteiger partial charge in [0, 0.05) is 18.1 Å². The lowest BCUT2D eigenvalue weighted by atomic mass is 10.5. The summed E-state index contributed by atoms with van der Waals surface area (Å²) in [4.78, 5) is 8.15. The highest BCUT2D eigenvalue weighted by atomic mass is 32.2. The smallest absolute Gasteiger partial charge is 0.119 e. The molecular weight excluding hydrogens is 120 g/mol. The number of hydrogen-bond donors (Lipinski definition) is 0. The first kappa shape index (κ1) is 4.32. The fourth-order valence-corrected chi connectivity index (χ4v) is 1.30. The molecule has 0 radical (unpaired) electrons. The zero-order valence-corrected chi connectivity index (χ0v) is 4.98. The van der Waals surface area contributed by atoms with Gasteiger partial charge < -0.3 is 0 Å². The molecule has 0 unspecified atom stereocenters. The van der Waals surface area contributed by atoms with Crippen molar-refractivity contribution in [3.63, 3.8) is 0 Å². The van der Waals surface area contributed by atoms with E-state index in [1.165, 1.54) is 0 Å². The quantitative estimate of drug-likeness (QED) is 0.517. The maximum atomic E-state index is 4.08. The fraction of sp³-hybridized carbons (Fsp3) is 0.200. The van der Waals surface area contributed by atoms with Crippen LogP contribution in [0.3, 0.4) is 0 Å². The van der Waals surface area contributed by atoms with Crippen LogP contribution in [0, 0.1) is 0 Å². The highest BCUT2D eigenvalue weighted by molar-refractivity contribution is 7.99. The Hall–Kier alpha value is -0.570. The molecule has 3 heteroatoms. The van der Waals surface area contributed by atoms with Gasteiger partial charge >= 0.3 is 0 Å². The molecule has 2 heterocycles. The monoisotopic (exact) mass is 124 g/mol. The minimum atomic E-state index is 1.04. The van der Waals surface area contributed by atoms with Crippen molar-refractivity contribution in [3.05, 3.63) is 18.1 Å². The predicted molar refractivity (Wildman–Crippen MR) is 31.6 cm³/mol. The van der Waals surface area contributed by atoms with E-state index in [-0.39, 0.29) is 0 Å². The first-order chi connectivity index (χ1) is 3.97. The molecule has 0 fully saturated rings. The number of aromatic nitrogens is 2. The van der Waals surface area contributed by atoms with E-state index in [2.05, 4.69) is 9.97 Å². The predicted octanol–water partition coefficient (Wildman–Crippen LogP) is 1.08.